The average molecular weight is 507 g/mol. The smallest absolute Gasteiger partial charge is 0.260 e. The normalized spacial score (nSPS) is 23.1. The first-order valence-corrected chi connectivity index (χ1v) is 13.5. The van der Waals surface area contributed by atoms with E-state index in [1.54, 1.807) is 13.0 Å². The molecule has 3 saturated heterocycles. The Kier molecular flexibility index (Phi) is 7.76. The van der Waals surface area contributed by atoms with Crippen molar-refractivity contribution < 1.29 is 19.1 Å². The summed E-state index contributed by atoms with van der Waals surface area (Å²) in [6.07, 6.45) is 3.89. The number of nitrogens with one attached hydrogen (secondary N) is 1. The topological polar surface area (TPSA) is 88.8 Å². The van der Waals surface area contributed by atoms with Gasteiger partial charge in [-0.05, 0) is 49.1 Å². The van der Waals surface area contributed by atoms with Gasteiger partial charge in [-0.3, -0.25) is 9.59 Å². The van der Waals surface area contributed by atoms with Crippen molar-refractivity contribution in [3.05, 3.63) is 70.2 Å². The van der Waals surface area contributed by atoms with Gasteiger partial charge in [0.1, 0.15) is 5.56 Å². The van der Waals surface area contributed by atoms with Crippen LogP contribution in [-0.4, -0.2) is 67.6 Å². The van der Waals surface area contributed by atoms with Gasteiger partial charge in [-0.15, -0.1) is 0 Å². The van der Waals surface area contributed by atoms with Crippen molar-refractivity contribution in [2.24, 2.45) is 17.8 Å². The van der Waals surface area contributed by atoms with Crippen LogP contribution in [0, 0.1) is 36.8 Å². The number of hydrogen-bond acceptors (Lipinski definition) is 5. The van der Waals surface area contributed by atoms with E-state index in [-0.39, 0.29) is 23.8 Å². The molecule has 37 heavy (non-hydrogen) atoms. The van der Waals surface area contributed by atoms with Crippen LogP contribution < -0.4 is 10.0 Å². The number of rotatable bonds is 7. The molecule has 2 aromatic rings. The lowest BCUT2D eigenvalue weighted by molar-refractivity contribution is -0.612. The maximum atomic E-state index is 13.3. The first kappa shape index (κ1) is 25.7. The SMILES string of the molecule is Cc1cc[n+]([O-])c(C)c1C(=O)N1CC2CN(CCC(NC(=O)C3CCOCC3)c3ccccc3)C[C@H]2C1. The molecule has 8 heteroatoms. The Balaban J connectivity index is 1.17. The van der Waals surface area contributed by atoms with Crippen LogP contribution in [0.5, 0.6) is 0 Å². The zero-order valence-electron chi connectivity index (χ0n) is 21.9. The number of fused-ring (bicyclic) bond motifs is 1. The van der Waals surface area contributed by atoms with Crippen molar-refractivity contribution in [2.45, 2.75) is 39.2 Å². The fraction of sp³-hybridized carbons (Fsp3) is 0.552. The van der Waals surface area contributed by atoms with Gasteiger partial charge in [0.15, 0.2) is 6.20 Å². The van der Waals surface area contributed by atoms with E-state index in [4.69, 9.17) is 4.74 Å². The molecule has 0 saturated carbocycles. The summed E-state index contributed by atoms with van der Waals surface area (Å²) in [5.74, 6) is 1.03. The number of likely N-dealkylation sites (tertiary alicyclic amines) is 2. The standard InChI is InChI=1S/C29H38N4O4/c1-20-8-13-33(36)21(2)27(20)29(35)32-18-24-16-31(17-25(24)19-32)12-9-26(22-6-4-3-5-7-22)30-28(34)23-10-14-37-15-11-23/h3-8,13,23-26H,9-12,14-19H2,1-2H3,(H,30,34)/t24-,25?,26?/m0/s1. The lowest BCUT2D eigenvalue weighted by atomic mass is 9.97. The summed E-state index contributed by atoms with van der Waals surface area (Å²) in [6, 6.07) is 11.9. The van der Waals surface area contributed by atoms with Gasteiger partial charge in [0.2, 0.25) is 11.6 Å². The zero-order valence-corrected chi connectivity index (χ0v) is 21.9. The quantitative estimate of drug-likeness (QED) is 0.461. The minimum atomic E-state index is -0.0267. The lowest BCUT2D eigenvalue weighted by Gasteiger charge is -2.27. The van der Waals surface area contributed by atoms with Crippen molar-refractivity contribution in [1.82, 2.24) is 15.1 Å². The van der Waals surface area contributed by atoms with E-state index in [0.717, 1.165) is 67.8 Å². The summed E-state index contributed by atoms with van der Waals surface area (Å²) in [7, 11) is 0. The fourth-order valence-electron chi connectivity index (χ4n) is 6.26. The third-order valence-corrected chi connectivity index (χ3v) is 8.45. The van der Waals surface area contributed by atoms with Crippen LogP contribution in [0.3, 0.4) is 0 Å². The molecule has 0 aliphatic carbocycles. The summed E-state index contributed by atoms with van der Waals surface area (Å²) in [4.78, 5) is 30.7. The van der Waals surface area contributed by atoms with Crippen LogP contribution in [0.1, 0.15) is 52.5 Å². The van der Waals surface area contributed by atoms with Crippen molar-refractivity contribution in [3.63, 3.8) is 0 Å². The van der Waals surface area contributed by atoms with Gasteiger partial charge in [-0.2, -0.15) is 4.73 Å². The summed E-state index contributed by atoms with van der Waals surface area (Å²) in [5, 5.41) is 15.4. The average Bonchev–Trinajstić information content (AvgIpc) is 3.49. The van der Waals surface area contributed by atoms with E-state index in [1.165, 1.54) is 6.20 Å². The number of pyridine rings is 1. The van der Waals surface area contributed by atoms with E-state index in [1.807, 2.05) is 30.0 Å². The van der Waals surface area contributed by atoms with E-state index >= 15 is 0 Å². The monoisotopic (exact) mass is 506 g/mol. The first-order valence-electron chi connectivity index (χ1n) is 13.5. The number of carbonyl (C=O) groups excluding carboxylic acids is 2. The number of ether oxygens (including phenoxy) is 1. The van der Waals surface area contributed by atoms with Crippen molar-refractivity contribution in [2.75, 3.05) is 45.9 Å². The van der Waals surface area contributed by atoms with Gasteiger partial charge in [-0.25, -0.2) is 0 Å². The Morgan fingerprint density at radius 2 is 1.73 bits per heavy atom. The Labute approximate surface area is 219 Å². The van der Waals surface area contributed by atoms with Gasteiger partial charge in [-0.1, -0.05) is 30.3 Å². The molecule has 3 aliphatic rings. The molecule has 0 spiro atoms. The predicted octanol–water partition coefficient (Wildman–Crippen LogP) is 2.61. The second kappa shape index (κ2) is 11.2. The molecule has 1 aromatic carbocycles. The number of nitrogens with zero attached hydrogens (tertiary/aromatic N) is 3. The van der Waals surface area contributed by atoms with Crippen LogP contribution >= 0.6 is 0 Å². The number of amides is 2. The number of benzene rings is 1. The van der Waals surface area contributed by atoms with Crippen LogP contribution in [0.15, 0.2) is 42.6 Å². The Morgan fingerprint density at radius 1 is 1.05 bits per heavy atom. The number of aryl methyl sites for hydroxylation is 1. The minimum Gasteiger partial charge on any atom is -0.618 e. The molecule has 4 heterocycles. The molecule has 3 atom stereocenters. The maximum Gasteiger partial charge on any atom is 0.260 e. The van der Waals surface area contributed by atoms with E-state index < -0.39 is 0 Å². The molecule has 2 amide bonds. The van der Waals surface area contributed by atoms with E-state index in [9.17, 15) is 14.8 Å². The predicted molar refractivity (Wildman–Crippen MR) is 140 cm³/mol. The summed E-state index contributed by atoms with van der Waals surface area (Å²) < 4.78 is 6.21. The third-order valence-electron chi connectivity index (χ3n) is 8.45. The molecule has 5 rings (SSSR count). The fourth-order valence-corrected chi connectivity index (χ4v) is 6.26. The second-order valence-electron chi connectivity index (χ2n) is 10.9. The second-order valence-corrected chi connectivity index (χ2v) is 10.9. The largest absolute Gasteiger partial charge is 0.618 e. The van der Waals surface area contributed by atoms with Gasteiger partial charge in [0.25, 0.3) is 5.91 Å². The highest BCUT2D eigenvalue weighted by Gasteiger charge is 2.42. The molecule has 1 aromatic heterocycles. The minimum absolute atomic E-state index is 0.0159. The lowest BCUT2D eigenvalue weighted by Crippen LogP contribution is -2.39. The number of carbonyl (C=O) groups is 2. The molecular formula is C29H38N4O4. The molecule has 3 fully saturated rings. The van der Waals surface area contributed by atoms with Gasteiger partial charge >= 0.3 is 0 Å². The summed E-state index contributed by atoms with van der Waals surface area (Å²) >= 11 is 0. The van der Waals surface area contributed by atoms with Gasteiger partial charge < -0.3 is 25.1 Å². The molecular weight excluding hydrogens is 468 g/mol. The highest BCUT2D eigenvalue weighted by Crippen LogP contribution is 2.33. The Hall–Kier alpha value is -2.97. The molecule has 3 aliphatic heterocycles. The Bertz CT molecular complexity index is 1100. The van der Waals surface area contributed by atoms with E-state index in [2.05, 4.69) is 22.3 Å². The molecule has 0 bridgehead atoms. The molecule has 8 nitrogen and oxygen atoms in total. The van der Waals surface area contributed by atoms with Crippen LogP contribution in [0.25, 0.3) is 0 Å². The third kappa shape index (κ3) is 5.65. The molecule has 1 N–H and O–H groups in total. The van der Waals surface area contributed by atoms with Crippen molar-refractivity contribution in [3.8, 4) is 0 Å². The number of aromatic nitrogens is 1. The molecule has 198 valence electrons. The highest BCUT2D eigenvalue weighted by molar-refractivity contribution is 5.96. The first-order chi connectivity index (χ1) is 17.9. The van der Waals surface area contributed by atoms with Gasteiger partial charge in [0, 0.05) is 64.8 Å². The van der Waals surface area contributed by atoms with Crippen LogP contribution in [0.2, 0.25) is 0 Å². The van der Waals surface area contributed by atoms with Crippen molar-refractivity contribution in [1.29, 1.82) is 0 Å². The van der Waals surface area contributed by atoms with Crippen molar-refractivity contribution >= 4 is 11.8 Å². The van der Waals surface area contributed by atoms with Gasteiger partial charge in [0.05, 0.1) is 6.04 Å². The van der Waals surface area contributed by atoms with Crippen LogP contribution in [0.4, 0.5) is 0 Å². The highest BCUT2D eigenvalue weighted by atomic mass is 16.5. The summed E-state index contributed by atoms with van der Waals surface area (Å²) in [6.45, 7) is 9.20. The number of hydrogen-bond donors (Lipinski definition) is 1. The zero-order chi connectivity index (χ0) is 25.9. The molecule has 0 radical (unpaired) electrons. The Morgan fingerprint density at radius 3 is 2.41 bits per heavy atom. The summed E-state index contributed by atoms with van der Waals surface area (Å²) in [5.41, 5.74) is 3.00. The van der Waals surface area contributed by atoms with E-state index in [0.29, 0.717) is 36.3 Å². The molecule has 2 unspecified atom stereocenters. The maximum absolute atomic E-state index is 13.3. The van der Waals surface area contributed by atoms with Crippen LogP contribution in [-0.2, 0) is 9.53 Å².